The molecule has 1 atom stereocenters. The van der Waals surface area contributed by atoms with Gasteiger partial charge in [0.05, 0.1) is 6.61 Å². The van der Waals surface area contributed by atoms with E-state index in [2.05, 4.69) is 33.8 Å². The van der Waals surface area contributed by atoms with E-state index in [1.165, 1.54) is 18.4 Å². The molecule has 0 radical (unpaired) electrons. The second kappa shape index (κ2) is 10.1. The van der Waals surface area contributed by atoms with Crippen molar-refractivity contribution in [2.75, 3.05) is 45.3 Å². The Hall–Kier alpha value is -0.880. The number of pyridine rings is 1. The van der Waals surface area contributed by atoms with E-state index in [1.807, 2.05) is 13.2 Å². The van der Waals surface area contributed by atoms with Crippen LogP contribution in [0.15, 0.2) is 18.3 Å². The van der Waals surface area contributed by atoms with E-state index in [9.17, 15) is 0 Å². The molecule has 0 amide bonds. The van der Waals surface area contributed by atoms with Crippen LogP contribution >= 0.6 is 12.4 Å². The molecule has 0 aliphatic carbocycles. The molecule has 6 heteroatoms. The Morgan fingerprint density at radius 1 is 1.39 bits per heavy atom. The van der Waals surface area contributed by atoms with Crippen LogP contribution in [0.4, 0.5) is 5.82 Å². The van der Waals surface area contributed by atoms with Gasteiger partial charge in [-0.2, -0.15) is 0 Å². The molecule has 2 heterocycles. The van der Waals surface area contributed by atoms with Gasteiger partial charge in [0.2, 0.25) is 0 Å². The van der Waals surface area contributed by atoms with Gasteiger partial charge in [-0.3, -0.25) is 4.90 Å². The van der Waals surface area contributed by atoms with Crippen LogP contribution in [0.25, 0.3) is 0 Å². The molecular formula is C17H31ClN4O. The maximum absolute atomic E-state index is 6.00. The van der Waals surface area contributed by atoms with E-state index < -0.39 is 0 Å². The van der Waals surface area contributed by atoms with E-state index in [1.54, 1.807) is 7.11 Å². The van der Waals surface area contributed by atoms with Gasteiger partial charge in [-0.25, -0.2) is 4.98 Å². The monoisotopic (exact) mass is 342 g/mol. The van der Waals surface area contributed by atoms with Crippen molar-refractivity contribution in [2.45, 2.75) is 32.4 Å². The molecule has 0 aromatic carbocycles. The van der Waals surface area contributed by atoms with E-state index in [0.29, 0.717) is 18.6 Å². The number of hydrogen-bond acceptors (Lipinski definition) is 5. The lowest BCUT2D eigenvalue weighted by atomic mass is 9.91. The summed E-state index contributed by atoms with van der Waals surface area (Å²) in [6.45, 7) is 6.97. The highest BCUT2D eigenvalue weighted by Crippen LogP contribution is 2.21. The maximum Gasteiger partial charge on any atom is 0.128 e. The van der Waals surface area contributed by atoms with Crippen LogP contribution in [0.1, 0.15) is 25.3 Å². The first-order chi connectivity index (χ1) is 10.6. The normalized spacial score (nSPS) is 17.6. The molecular weight excluding hydrogens is 312 g/mol. The Labute approximate surface area is 146 Å². The third-order valence-corrected chi connectivity index (χ3v) is 4.61. The lowest BCUT2D eigenvalue weighted by molar-refractivity contribution is 0.165. The lowest BCUT2D eigenvalue weighted by Gasteiger charge is -2.33. The Kier molecular flexibility index (Phi) is 8.84. The zero-order valence-electron chi connectivity index (χ0n) is 14.6. The number of nitrogens with two attached hydrogens (primary N) is 1. The van der Waals surface area contributed by atoms with Gasteiger partial charge in [-0.05, 0) is 50.4 Å². The molecule has 1 saturated heterocycles. The SMILES string of the molecule is COCCN(C)c1ccc(CN2CCC(C(C)N)CC2)cn1.Cl. The summed E-state index contributed by atoms with van der Waals surface area (Å²) in [5.74, 6) is 1.68. The van der Waals surface area contributed by atoms with E-state index in [0.717, 1.165) is 32.0 Å². The molecule has 1 aliphatic heterocycles. The summed E-state index contributed by atoms with van der Waals surface area (Å²) in [7, 11) is 3.76. The van der Waals surface area contributed by atoms with E-state index in [4.69, 9.17) is 10.5 Å². The standard InChI is InChI=1S/C17H30N4O.ClH/c1-14(18)16-6-8-21(9-7-16)13-15-4-5-17(19-12-15)20(2)10-11-22-3;/h4-5,12,14,16H,6-11,13,18H2,1-3H3;1H. The molecule has 5 nitrogen and oxygen atoms in total. The summed E-state index contributed by atoms with van der Waals surface area (Å²) in [4.78, 5) is 9.18. The average Bonchev–Trinajstić information content (AvgIpc) is 2.54. The number of ether oxygens (including phenoxy) is 1. The number of rotatable bonds is 7. The third-order valence-electron chi connectivity index (χ3n) is 4.61. The van der Waals surface area contributed by atoms with Gasteiger partial charge in [-0.1, -0.05) is 6.07 Å². The Balaban J connectivity index is 0.00000264. The predicted octanol–water partition coefficient (Wildman–Crippen LogP) is 2.15. The van der Waals surface area contributed by atoms with Gasteiger partial charge < -0.3 is 15.4 Å². The fourth-order valence-corrected chi connectivity index (χ4v) is 2.97. The van der Waals surface area contributed by atoms with Crippen molar-refractivity contribution in [1.29, 1.82) is 0 Å². The minimum Gasteiger partial charge on any atom is -0.383 e. The first-order valence-electron chi connectivity index (χ1n) is 8.23. The number of methoxy groups -OCH3 is 1. The van der Waals surface area contributed by atoms with Gasteiger partial charge in [0, 0.05) is 39.5 Å². The molecule has 0 saturated carbocycles. The van der Waals surface area contributed by atoms with Crippen molar-refractivity contribution in [2.24, 2.45) is 11.7 Å². The fourth-order valence-electron chi connectivity index (χ4n) is 2.97. The number of likely N-dealkylation sites (tertiary alicyclic amines) is 1. The van der Waals surface area contributed by atoms with E-state index in [-0.39, 0.29) is 12.4 Å². The molecule has 2 N–H and O–H groups in total. The van der Waals surface area contributed by atoms with Gasteiger partial charge in [-0.15, -0.1) is 12.4 Å². The average molecular weight is 343 g/mol. The summed E-state index contributed by atoms with van der Waals surface area (Å²) < 4.78 is 5.10. The molecule has 2 rings (SSSR count). The lowest BCUT2D eigenvalue weighted by Crippen LogP contribution is -2.39. The second-order valence-corrected chi connectivity index (χ2v) is 6.41. The summed E-state index contributed by atoms with van der Waals surface area (Å²) in [6, 6.07) is 4.61. The number of piperidine rings is 1. The topological polar surface area (TPSA) is 54.6 Å². The highest BCUT2D eigenvalue weighted by molar-refractivity contribution is 5.85. The minimum atomic E-state index is 0. The third kappa shape index (κ3) is 6.26. The first kappa shape index (κ1) is 20.2. The van der Waals surface area contributed by atoms with Crippen molar-refractivity contribution in [1.82, 2.24) is 9.88 Å². The van der Waals surface area contributed by atoms with Crippen molar-refractivity contribution >= 4 is 18.2 Å². The molecule has 1 aromatic rings. The van der Waals surface area contributed by atoms with Crippen molar-refractivity contribution in [3.05, 3.63) is 23.9 Å². The quantitative estimate of drug-likeness (QED) is 0.822. The van der Waals surface area contributed by atoms with Crippen LogP contribution in [-0.2, 0) is 11.3 Å². The molecule has 0 bridgehead atoms. The van der Waals surface area contributed by atoms with Crippen LogP contribution in [-0.4, -0.2) is 56.3 Å². The van der Waals surface area contributed by atoms with Crippen molar-refractivity contribution in [3.63, 3.8) is 0 Å². The van der Waals surface area contributed by atoms with Crippen molar-refractivity contribution in [3.8, 4) is 0 Å². The van der Waals surface area contributed by atoms with Gasteiger partial charge in [0.15, 0.2) is 0 Å². The number of likely N-dealkylation sites (N-methyl/N-ethyl adjacent to an activating group) is 1. The maximum atomic E-state index is 6.00. The van der Waals surface area contributed by atoms with Crippen LogP contribution in [0, 0.1) is 5.92 Å². The number of halogens is 1. The summed E-state index contributed by atoms with van der Waals surface area (Å²) in [6.07, 6.45) is 4.42. The molecule has 1 unspecified atom stereocenters. The van der Waals surface area contributed by atoms with Gasteiger partial charge in [0.25, 0.3) is 0 Å². The Morgan fingerprint density at radius 2 is 2.09 bits per heavy atom. The minimum absolute atomic E-state index is 0. The Morgan fingerprint density at radius 3 is 2.61 bits per heavy atom. The predicted molar refractivity (Wildman–Crippen MR) is 98.3 cm³/mol. The fraction of sp³-hybridized carbons (Fsp3) is 0.706. The molecule has 132 valence electrons. The van der Waals surface area contributed by atoms with Crippen molar-refractivity contribution < 1.29 is 4.74 Å². The van der Waals surface area contributed by atoms with Crippen LogP contribution < -0.4 is 10.6 Å². The molecule has 1 aliphatic rings. The summed E-state index contributed by atoms with van der Waals surface area (Å²) in [5, 5.41) is 0. The number of aromatic nitrogens is 1. The number of nitrogens with zero attached hydrogens (tertiary/aromatic N) is 3. The largest absolute Gasteiger partial charge is 0.383 e. The first-order valence-corrected chi connectivity index (χ1v) is 8.23. The highest BCUT2D eigenvalue weighted by atomic mass is 35.5. The summed E-state index contributed by atoms with van der Waals surface area (Å²) >= 11 is 0. The molecule has 1 fully saturated rings. The van der Waals surface area contributed by atoms with Gasteiger partial charge >= 0.3 is 0 Å². The zero-order valence-corrected chi connectivity index (χ0v) is 15.4. The zero-order chi connectivity index (χ0) is 15.9. The molecule has 0 spiro atoms. The van der Waals surface area contributed by atoms with E-state index >= 15 is 0 Å². The molecule has 23 heavy (non-hydrogen) atoms. The Bertz CT molecular complexity index is 433. The van der Waals surface area contributed by atoms with Crippen LogP contribution in [0.2, 0.25) is 0 Å². The smallest absolute Gasteiger partial charge is 0.128 e. The number of anilines is 1. The summed E-state index contributed by atoms with van der Waals surface area (Å²) in [5.41, 5.74) is 7.28. The highest BCUT2D eigenvalue weighted by Gasteiger charge is 2.21. The second-order valence-electron chi connectivity index (χ2n) is 6.41. The van der Waals surface area contributed by atoms with Crippen LogP contribution in [0.3, 0.4) is 0 Å². The van der Waals surface area contributed by atoms with Gasteiger partial charge in [0.1, 0.15) is 5.82 Å². The number of hydrogen-bond donors (Lipinski definition) is 1. The molecule has 1 aromatic heterocycles. The van der Waals surface area contributed by atoms with Crippen LogP contribution in [0.5, 0.6) is 0 Å².